The number of carbonyl (C=O) groups excluding carboxylic acids is 1. The van der Waals surface area contributed by atoms with Gasteiger partial charge < -0.3 is 15.5 Å². The number of benzene rings is 1. The van der Waals surface area contributed by atoms with E-state index in [1.807, 2.05) is 46.1 Å². The van der Waals surface area contributed by atoms with E-state index in [1.54, 1.807) is 12.1 Å². The molecule has 0 aliphatic rings. The second kappa shape index (κ2) is 7.69. The number of likely N-dealkylation sites (N-methyl/N-ethyl adjacent to an activating group) is 1. The minimum Gasteiger partial charge on any atom is -0.367 e. The van der Waals surface area contributed by atoms with Gasteiger partial charge in [0.25, 0.3) is 5.91 Å². The zero-order chi connectivity index (χ0) is 16.8. The lowest BCUT2D eigenvalue weighted by Crippen LogP contribution is -2.21. The molecule has 23 heavy (non-hydrogen) atoms. The van der Waals surface area contributed by atoms with E-state index in [0.29, 0.717) is 11.5 Å². The fourth-order valence-electron chi connectivity index (χ4n) is 2.10. The Kier molecular flexibility index (Phi) is 5.65. The summed E-state index contributed by atoms with van der Waals surface area (Å²) >= 11 is 0. The van der Waals surface area contributed by atoms with Crippen molar-refractivity contribution in [3.8, 4) is 0 Å². The number of aromatic nitrogens is 2. The highest BCUT2D eigenvalue weighted by Gasteiger charge is 2.10. The maximum atomic E-state index is 12.2. The van der Waals surface area contributed by atoms with Gasteiger partial charge in [0.05, 0.1) is 0 Å². The molecule has 0 fully saturated rings. The molecular formula is C17H23N5O. The van der Waals surface area contributed by atoms with Crippen LogP contribution in [-0.4, -0.2) is 48.2 Å². The zero-order valence-corrected chi connectivity index (χ0v) is 14.1. The van der Waals surface area contributed by atoms with Gasteiger partial charge in [-0.05, 0) is 51.7 Å². The first-order chi connectivity index (χ1) is 11.0. The highest BCUT2D eigenvalue weighted by molar-refractivity contribution is 6.03. The van der Waals surface area contributed by atoms with Crippen molar-refractivity contribution in [3.05, 3.63) is 47.2 Å². The highest BCUT2D eigenvalue weighted by atomic mass is 16.1. The first-order valence-electron chi connectivity index (χ1n) is 7.56. The van der Waals surface area contributed by atoms with Crippen LogP contribution in [0, 0.1) is 13.8 Å². The Morgan fingerprint density at radius 3 is 2.52 bits per heavy atom. The van der Waals surface area contributed by atoms with E-state index >= 15 is 0 Å². The predicted molar refractivity (Wildman–Crippen MR) is 92.9 cm³/mol. The SMILES string of the molecule is Cc1ccc(NC(=O)c2ccc(NCCN(C)C)nn2)c(C)c1. The van der Waals surface area contributed by atoms with E-state index in [2.05, 4.69) is 25.7 Å². The van der Waals surface area contributed by atoms with Crippen molar-refractivity contribution >= 4 is 17.4 Å². The van der Waals surface area contributed by atoms with Crippen LogP contribution < -0.4 is 10.6 Å². The molecule has 1 heterocycles. The number of amides is 1. The monoisotopic (exact) mass is 313 g/mol. The largest absolute Gasteiger partial charge is 0.367 e. The van der Waals surface area contributed by atoms with Crippen LogP contribution >= 0.6 is 0 Å². The zero-order valence-electron chi connectivity index (χ0n) is 14.1. The van der Waals surface area contributed by atoms with E-state index in [4.69, 9.17) is 0 Å². The third-order valence-corrected chi connectivity index (χ3v) is 3.39. The number of carbonyl (C=O) groups is 1. The maximum Gasteiger partial charge on any atom is 0.276 e. The fourth-order valence-corrected chi connectivity index (χ4v) is 2.10. The van der Waals surface area contributed by atoms with E-state index in [1.165, 1.54) is 0 Å². The number of hydrogen-bond donors (Lipinski definition) is 2. The number of anilines is 2. The van der Waals surface area contributed by atoms with Crippen LogP contribution in [0.3, 0.4) is 0 Å². The molecule has 1 aromatic carbocycles. The summed E-state index contributed by atoms with van der Waals surface area (Å²) in [5.41, 5.74) is 3.26. The van der Waals surface area contributed by atoms with Crippen molar-refractivity contribution < 1.29 is 4.79 Å². The Balaban J connectivity index is 1.97. The quantitative estimate of drug-likeness (QED) is 0.856. The summed E-state index contributed by atoms with van der Waals surface area (Å²) in [5.74, 6) is 0.402. The molecule has 1 amide bonds. The Morgan fingerprint density at radius 1 is 1.13 bits per heavy atom. The summed E-state index contributed by atoms with van der Waals surface area (Å²) in [6.07, 6.45) is 0. The molecule has 0 aliphatic carbocycles. The maximum absolute atomic E-state index is 12.2. The van der Waals surface area contributed by atoms with Gasteiger partial charge in [-0.25, -0.2) is 0 Å². The van der Waals surface area contributed by atoms with Gasteiger partial charge in [-0.2, -0.15) is 0 Å². The second-order valence-electron chi connectivity index (χ2n) is 5.81. The molecule has 0 saturated heterocycles. The van der Waals surface area contributed by atoms with Crippen molar-refractivity contribution in [1.29, 1.82) is 0 Å². The summed E-state index contributed by atoms with van der Waals surface area (Å²) in [5, 5.41) is 14.0. The van der Waals surface area contributed by atoms with Gasteiger partial charge in [-0.1, -0.05) is 17.7 Å². The molecule has 0 radical (unpaired) electrons. The number of nitrogens with one attached hydrogen (secondary N) is 2. The van der Waals surface area contributed by atoms with Crippen LogP contribution in [0.2, 0.25) is 0 Å². The Bertz CT molecular complexity index is 667. The Labute approximate surface area is 136 Å². The first kappa shape index (κ1) is 16.9. The van der Waals surface area contributed by atoms with Crippen molar-refractivity contribution in [1.82, 2.24) is 15.1 Å². The summed E-state index contributed by atoms with van der Waals surface area (Å²) in [7, 11) is 4.02. The van der Waals surface area contributed by atoms with Gasteiger partial charge >= 0.3 is 0 Å². The van der Waals surface area contributed by atoms with Crippen molar-refractivity contribution in [2.45, 2.75) is 13.8 Å². The topological polar surface area (TPSA) is 70.2 Å². The molecule has 0 saturated carbocycles. The average molecular weight is 313 g/mol. The van der Waals surface area contributed by atoms with Gasteiger partial charge in [0.2, 0.25) is 0 Å². The van der Waals surface area contributed by atoms with E-state index in [9.17, 15) is 4.79 Å². The van der Waals surface area contributed by atoms with Gasteiger partial charge in [0.1, 0.15) is 5.82 Å². The van der Waals surface area contributed by atoms with Crippen LogP contribution in [0.25, 0.3) is 0 Å². The second-order valence-corrected chi connectivity index (χ2v) is 5.81. The van der Waals surface area contributed by atoms with Gasteiger partial charge in [-0.15, -0.1) is 10.2 Å². The number of nitrogens with zero attached hydrogens (tertiary/aromatic N) is 3. The van der Waals surface area contributed by atoms with Crippen LogP contribution in [-0.2, 0) is 0 Å². The molecule has 0 aliphatic heterocycles. The lowest BCUT2D eigenvalue weighted by molar-refractivity contribution is 0.102. The van der Waals surface area contributed by atoms with Gasteiger partial charge in [0, 0.05) is 18.8 Å². The number of rotatable bonds is 6. The normalized spacial score (nSPS) is 10.7. The summed E-state index contributed by atoms with van der Waals surface area (Å²) in [6.45, 7) is 5.66. The summed E-state index contributed by atoms with van der Waals surface area (Å²) in [6, 6.07) is 9.32. The first-order valence-corrected chi connectivity index (χ1v) is 7.56. The smallest absolute Gasteiger partial charge is 0.276 e. The molecule has 0 spiro atoms. The van der Waals surface area contributed by atoms with Crippen LogP contribution in [0.5, 0.6) is 0 Å². The fraction of sp³-hybridized carbons (Fsp3) is 0.353. The molecule has 0 atom stereocenters. The van der Waals surface area contributed by atoms with Crippen molar-refractivity contribution in [2.75, 3.05) is 37.8 Å². The molecular weight excluding hydrogens is 290 g/mol. The molecule has 122 valence electrons. The third kappa shape index (κ3) is 5.03. The Hall–Kier alpha value is -2.47. The molecule has 2 rings (SSSR count). The molecule has 6 heteroatoms. The van der Waals surface area contributed by atoms with Crippen LogP contribution in [0.4, 0.5) is 11.5 Å². The van der Waals surface area contributed by atoms with E-state index in [0.717, 1.165) is 29.9 Å². The summed E-state index contributed by atoms with van der Waals surface area (Å²) < 4.78 is 0. The summed E-state index contributed by atoms with van der Waals surface area (Å²) in [4.78, 5) is 14.3. The predicted octanol–water partition coefficient (Wildman–Crippen LogP) is 2.32. The highest BCUT2D eigenvalue weighted by Crippen LogP contribution is 2.16. The van der Waals surface area contributed by atoms with Crippen molar-refractivity contribution in [2.24, 2.45) is 0 Å². The van der Waals surface area contributed by atoms with Crippen LogP contribution in [0.1, 0.15) is 21.6 Å². The molecule has 2 N–H and O–H groups in total. The molecule has 2 aromatic rings. The van der Waals surface area contributed by atoms with Gasteiger partial charge in [-0.3, -0.25) is 4.79 Å². The number of hydrogen-bond acceptors (Lipinski definition) is 5. The van der Waals surface area contributed by atoms with E-state index < -0.39 is 0 Å². The molecule has 0 unspecified atom stereocenters. The van der Waals surface area contributed by atoms with E-state index in [-0.39, 0.29) is 5.91 Å². The minimum absolute atomic E-state index is 0.260. The van der Waals surface area contributed by atoms with Crippen LogP contribution in [0.15, 0.2) is 30.3 Å². The number of aryl methyl sites for hydroxylation is 2. The molecule has 0 bridgehead atoms. The Morgan fingerprint density at radius 2 is 1.91 bits per heavy atom. The lowest BCUT2D eigenvalue weighted by atomic mass is 10.1. The standard InChI is InChI=1S/C17H23N5O/c1-12-5-6-14(13(2)11-12)19-17(23)15-7-8-16(21-20-15)18-9-10-22(3)4/h5-8,11H,9-10H2,1-4H3,(H,18,21)(H,19,23). The van der Waals surface area contributed by atoms with Gasteiger partial charge in [0.15, 0.2) is 5.69 Å². The third-order valence-electron chi connectivity index (χ3n) is 3.39. The minimum atomic E-state index is -0.260. The molecule has 1 aromatic heterocycles. The van der Waals surface area contributed by atoms with Crippen molar-refractivity contribution in [3.63, 3.8) is 0 Å². The average Bonchev–Trinajstić information content (AvgIpc) is 2.50. The lowest BCUT2D eigenvalue weighted by Gasteiger charge is -2.11. The molecule has 6 nitrogen and oxygen atoms in total.